The molecule has 0 spiro atoms. The lowest BCUT2D eigenvalue weighted by molar-refractivity contribution is 0.0920. The largest absolute Gasteiger partial charge is 0.497 e. The number of hydrogen-bond donors (Lipinski definition) is 0. The van der Waals surface area contributed by atoms with Gasteiger partial charge in [0.15, 0.2) is 6.61 Å². The van der Waals surface area contributed by atoms with Gasteiger partial charge in [-0.1, -0.05) is 18.2 Å². The highest BCUT2D eigenvalue weighted by Gasteiger charge is 2.16. The summed E-state index contributed by atoms with van der Waals surface area (Å²) in [6.07, 6.45) is 2.37. The lowest BCUT2D eigenvalue weighted by atomic mass is 10.1. The zero-order chi connectivity index (χ0) is 22.5. The van der Waals surface area contributed by atoms with E-state index < -0.39 is 0 Å². The van der Waals surface area contributed by atoms with Gasteiger partial charge in [-0.3, -0.25) is 4.79 Å². The van der Waals surface area contributed by atoms with Crippen LogP contribution in [0.15, 0.2) is 60.9 Å². The molecule has 0 N–H and O–H groups in total. The zero-order valence-corrected chi connectivity index (χ0v) is 18.4. The van der Waals surface area contributed by atoms with Gasteiger partial charge >= 0.3 is 0 Å². The van der Waals surface area contributed by atoms with E-state index >= 15 is 0 Å². The Labute approximate surface area is 186 Å². The van der Waals surface area contributed by atoms with Crippen molar-refractivity contribution in [1.29, 1.82) is 0 Å². The Hall–Kier alpha value is -3.94. The third-order valence-corrected chi connectivity index (χ3v) is 5.46. The lowest BCUT2D eigenvalue weighted by Crippen LogP contribution is -2.13. The molecule has 4 aromatic rings. The number of rotatable bonds is 9. The molecular formula is C24H25N5O3. The molecule has 0 saturated heterocycles. The van der Waals surface area contributed by atoms with Gasteiger partial charge in [0.1, 0.15) is 17.8 Å². The summed E-state index contributed by atoms with van der Waals surface area (Å²) in [7, 11) is 1.66. The van der Waals surface area contributed by atoms with Crippen LogP contribution >= 0.6 is 0 Å². The van der Waals surface area contributed by atoms with Crippen LogP contribution in [0.5, 0.6) is 11.5 Å². The van der Waals surface area contributed by atoms with Gasteiger partial charge in [0.2, 0.25) is 5.78 Å². The van der Waals surface area contributed by atoms with Crippen molar-refractivity contribution in [3.63, 3.8) is 0 Å². The summed E-state index contributed by atoms with van der Waals surface area (Å²) in [5.41, 5.74) is 4.68. The van der Waals surface area contributed by atoms with Gasteiger partial charge in [-0.25, -0.2) is 4.68 Å². The van der Waals surface area contributed by atoms with E-state index in [9.17, 15) is 4.79 Å². The van der Waals surface area contributed by atoms with Crippen LogP contribution in [-0.4, -0.2) is 44.3 Å². The summed E-state index contributed by atoms with van der Waals surface area (Å²) in [5, 5.41) is 11.1. The average molecular weight is 431 g/mol. The molecule has 164 valence electrons. The fraction of sp³-hybridized carbons (Fsp3) is 0.250. The summed E-state index contributed by atoms with van der Waals surface area (Å²) >= 11 is 0. The Morgan fingerprint density at radius 2 is 1.84 bits per heavy atom. The van der Waals surface area contributed by atoms with Crippen LogP contribution in [0.4, 0.5) is 0 Å². The van der Waals surface area contributed by atoms with Crippen molar-refractivity contribution in [1.82, 2.24) is 24.8 Å². The molecule has 0 unspecified atom stereocenters. The number of carbonyl (C=O) groups excluding carboxylic acids is 1. The molecule has 2 aromatic carbocycles. The summed E-state index contributed by atoms with van der Waals surface area (Å²) in [4.78, 5) is 12.9. The number of ketones is 1. The van der Waals surface area contributed by atoms with Crippen molar-refractivity contribution in [2.75, 3.05) is 13.7 Å². The molecule has 2 heterocycles. The molecule has 0 radical (unpaired) electrons. The average Bonchev–Trinajstić information content (AvgIpc) is 3.45. The van der Waals surface area contributed by atoms with Crippen molar-refractivity contribution in [2.45, 2.75) is 26.8 Å². The van der Waals surface area contributed by atoms with E-state index in [1.165, 1.54) is 16.6 Å². The van der Waals surface area contributed by atoms with E-state index in [1.54, 1.807) is 19.2 Å². The first-order chi connectivity index (χ1) is 15.5. The standard InChI is InChI=1S/C24H25N5O3/c1-17-13-23(18(2)28(17)12-11-19-7-9-21(31-3)10-8-19)24(30)15-32-22-6-4-5-20(14-22)29-16-25-26-27-29/h4-10,13-14,16H,11-12,15H2,1-3H3. The smallest absolute Gasteiger partial charge is 0.202 e. The minimum atomic E-state index is -0.0541. The zero-order valence-electron chi connectivity index (χ0n) is 18.4. The van der Waals surface area contributed by atoms with Gasteiger partial charge in [-0.05, 0) is 66.6 Å². The van der Waals surface area contributed by atoms with Gasteiger partial charge in [-0.15, -0.1) is 5.10 Å². The van der Waals surface area contributed by atoms with Crippen LogP contribution in [0.2, 0.25) is 0 Å². The SMILES string of the molecule is COc1ccc(CCn2c(C)cc(C(=O)COc3cccc(-n4cnnn4)c3)c2C)cc1. The fourth-order valence-electron chi connectivity index (χ4n) is 3.68. The number of carbonyl (C=O) groups is 1. The molecular weight excluding hydrogens is 406 g/mol. The number of methoxy groups -OCH3 is 1. The second-order valence-corrected chi connectivity index (χ2v) is 7.50. The summed E-state index contributed by atoms with van der Waals surface area (Å²) in [6.45, 7) is 4.76. The third kappa shape index (κ3) is 4.69. The Bertz CT molecular complexity index is 1200. The highest BCUT2D eigenvalue weighted by atomic mass is 16.5. The topological polar surface area (TPSA) is 84.1 Å². The van der Waals surface area contributed by atoms with Crippen LogP contribution < -0.4 is 9.47 Å². The molecule has 0 aliphatic carbocycles. The molecule has 0 aliphatic rings. The normalized spacial score (nSPS) is 10.8. The van der Waals surface area contributed by atoms with Crippen molar-refractivity contribution in [2.24, 2.45) is 0 Å². The first-order valence-electron chi connectivity index (χ1n) is 10.3. The maximum Gasteiger partial charge on any atom is 0.202 e. The number of hydrogen-bond acceptors (Lipinski definition) is 6. The molecule has 32 heavy (non-hydrogen) atoms. The van der Waals surface area contributed by atoms with E-state index in [-0.39, 0.29) is 12.4 Å². The van der Waals surface area contributed by atoms with Crippen LogP contribution in [-0.2, 0) is 13.0 Å². The summed E-state index contributed by atoms with van der Waals surface area (Å²) in [6, 6.07) is 17.3. The highest BCUT2D eigenvalue weighted by Crippen LogP contribution is 2.20. The first-order valence-corrected chi connectivity index (χ1v) is 10.3. The number of aryl methyl sites for hydroxylation is 2. The first kappa shape index (κ1) is 21.3. The molecule has 0 amide bonds. The van der Waals surface area contributed by atoms with Crippen LogP contribution in [0.3, 0.4) is 0 Å². The van der Waals surface area contributed by atoms with E-state index in [0.717, 1.165) is 35.8 Å². The van der Waals surface area contributed by atoms with Gasteiger partial charge in [0, 0.05) is 29.6 Å². The molecule has 0 bridgehead atoms. The molecule has 8 heteroatoms. The maximum absolute atomic E-state index is 12.9. The predicted molar refractivity (Wildman–Crippen MR) is 120 cm³/mol. The maximum atomic E-state index is 12.9. The summed E-state index contributed by atoms with van der Waals surface area (Å²) < 4.78 is 14.7. The van der Waals surface area contributed by atoms with E-state index in [4.69, 9.17) is 9.47 Å². The van der Waals surface area contributed by atoms with Gasteiger partial charge in [-0.2, -0.15) is 0 Å². The van der Waals surface area contributed by atoms with Crippen molar-refractivity contribution >= 4 is 5.78 Å². The summed E-state index contributed by atoms with van der Waals surface area (Å²) in [5.74, 6) is 1.37. The Morgan fingerprint density at radius 3 is 2.56 bits per heavy atom. The van der Waals surface area contributed by atoms with Crippen LogP contribution in [0.1, 0.15) is 27.3 Å². The Balaban J connectivity index is 1.40. The van der Waals surface area contributed by atoms with Gasteiger partial charge in [0.05, 0.1) is 12.8 Å². The van der Waals surface area contributed by atoms with Crippen molar-refractivity contribution in [3.05, 3.63) is 83.4 Å². The van der Waals surface area contributed by atoms with Crippen LogP contribution in [0.25, 0.3) is 5.69 Å². The van der Waals surface area contributed by atoms with Gasteiger partial charge < -0.3 is 14.0 Å². The fourth-order valence-corrected chi connectivity index (χ4v) is 3.68. The molecule has 2 aromatic heterocycles. The number of aromatic nitrogens is 5. The minimum Gasteiger partial charge on any atom is -0.497 e. The molecule has 0 aliphatic heterocycles. The molecule has 0 saturated carbocycles. The van der Waals surface area contributed by atoms with Crippen molar-refractivity contribution in [3.8, 4) is 17.2 Å². The number of Topliss-reactive ketones (excluding diaryl/α,β-unsaturated/α-hetero) is 1. The second-order valence-electron chi connectivity index (χ2n) is 7.50. The predicted octanol–water partition coefficient (Wildman–Crippen LogP) is 3.59. The van der Waals surface area contributed by atoms with E-state index in [2.05, 4.69) is 32.2 Å². The number of ether oxygens (including phenoxy) is 2. The monoisotopic (exact) mass is 431 g/mol. The quantitative estimate of drug-likeness (QED) is 0.377. The van der Waals surface area contributed by atoms with Crippen molar-refractivity contribution < 1.29 is 14.3 Å². The molecule has 4 rings (SSSR count). The number of benzene rings is 2. The molecule has 8 nitrogen and oxygen atoms in total. The van der Waals surface area contributed by atoms with Gasteiger partial charge in [0.25, 0.3) is 0 Å². The second kappa shape index (κ2) is 9.47. The van der Waals surface area contributed by atoms with E-state index in [0.29, 0.717) is 11.3 Å². The lowest BCUT2D eigenvalue weighted by Gasteiger charge is -2.11. The molecule has 0 atom stereocenters. The Kier molecular flexibility index (Phi) is 6.30. The van der Waals surface area contributed by atoms with Crippen LogP contribution in [0, 0.1) is 13.8 Å². The number of nitrogens with zero attached hydrogens (tertiary/aromatic N) is 5. The minimum absolute atomic E-state index is 0.0398. The third-order valence-electron chi connectivity index (χ3n) is 5.46. The molecule has 0 fully saturated rings. The van der Waals surface area contributed by atoms with E-state index in [1.807, 2.05) is 44.2 Å². The number of tetrazole rings is 1. The Morgan fingerprint density at radius 1 is 1.03 bits per heavy atom. The highest BCUT2D eigenvalue weighted by molar-refractivity contribution is 5.98.